The van der Waals surface area contributed by atoms with Crippen molar-refractivity contribution in [3.8, 4) is 5.75 Å². The molecule has 0 bridgehead atoms. The molecule has 0 saturated carbocycles. The SMILES string of the molecule is COc1ccc(C(Cl)CCCO)cc1C(C)C. The van der Waals surface area contributed by atoms with Crippen molar-refractivity contribution in [2.75, 3.05) is 13.7 Å². The molecule has 96 valence electrons. The van der Waals surface area contributed by atoms with Gasteiger partial charge < -0.3 is 9.84 Å². The summed E-state index contributed by atoms with van der Waals surface area (Å²) < 4.78 is 5.34. The van der Waals surface area contributed by atoms with Crippen molar-refractivity contribution in [2.24, 2.45) is 0 Å². The van der Waals surface area contributed by atoms with E-state index in [0.29, 0.717) is 5.92 Å². The minimum absolute atomic E-state index is 0.0365. The van der Waals surface area contributed by atoms with Gasteiger partial charge >= 0.3 is 0 Å². The third kappa shape index (κ3) is 3.90. The second-order valence-corrected chi connectivity index (χ2v) is 5.02. The van der Waals surface area contributed by atoms with Gasteiger partial charge in [0.25, 0.3) is 0 Å². The van der Waals surface area contributed by atoms with Crippen LogP contribution in [-0.2, 0) is 0 Å². The summed E-state index contributed by atoms with van der Waals surface area (Å²) in [5.41, 5.74) is 2.28. The predicted molar refractivity (Wildman–Crippen MR) is 72.0 cm³/mol. The quantitative estimate of drug-likeness (QED) is 0.783. The maximum atomic E-state index is 8.81. The van der Waals surface area contributed by atoms with Crippen molar-refractivity contribution < 1.29 is 9.84 Å². The molecule has 1 aromatic rings. The molecule has 2 nitrogen and oxygen atoms in total. The van der Waals surface area contributed by atoms with Gasteiger partial charge in [-0.1, -0.05) is 26.0 Å². The molecular formula is C14H21ClO2. The summed E-state index contributed by atoms with van der Waals surface area (Å²) in [6.45, 7) is 4.47. The van der Waals surface area contributed by atoms with Crippen molar-refractivity contribution in [1.29, 1.82) is 0 Å². The smallest absolute Gasteiger partial charge is 0.122 e. The lowest BCUT2D eigenvalue weighted by atomic mass is 9.97. The van der Waals surface area contributed by atoms with Crippen LogP contribution in [0.2, 0.25) is 0 Å². The molecule has 1 N–H and O–H groups in total. The zero-order valence-electron chi connectivity index (χ0n) is 10.7. The summed E-state index contributed by atoms with van der Waals surface area (Å²) in [7, 11) is 1.69. The largest absolute Gasteiger partial charge is 0.496 e. The molecule has 0 amide bonds. The first-order valence-corrected chi connectivity index (χ1v) is 6.46. The van der Waals surface area contributed by atoms with Crippen LogP contribution in [0, 0.1) is 0 Å². The molecule has 0 heterocycles. The molecule has 1 aromatic carbocycles. The van der Waals surface area contributed by atoms with Crippen LogP contribution >= 0.6 is 11.6 Å². The van der Waals surface area contributed by atoms with E-state index in [1.165, 1.54) is 5.56 Å². The van der Waals surface area contributed by atoms with Crippen LogP contribution in [0.15, 0.2) is 18.2 Å². The molecule has 0 fully saturated rings. The van der Waals surface area contributed by atoms with E-state index in [1.807, 2.05) is 12.1 Å². The molecule has 0 aliphatic rings. The molecule has 1 atom stereocenters. The minimum atomic E-state index is -0.0365. The van der Waals surface area contributed by atoms with Crippen LogP contribution in [0.1, 0.15) is 49.1 Å². The van der Waals surface area contributed by atoms with Gasteiger partial charge in [-0.15, -0.1) is 11.6 Å². The van der Waals surface area contributed by atoms with Gasteiger partial charge in [0.2, 0.25) is 0 Å². The summed E-state index contributed by atoms with van der Waals surface area (Å²) >= 11 is 6.31. The molecule has 3 heteroatoms. The highest BCUT2D eigenvalue weighted by molar-refractivity contribution is 6.20. The van der Waals surface area contributed by atoms with E-state index in [0.717, 1.165) is 24.2 Å². The topological polar surface area (TPSA) is 29.5 Å². The molecule has 0 aliphatic heterocycles. The van der Waals surface area contributed by atoms with Gasteiger partial charge in [-0.05, 0) is 36.0 Å². The fraction of sp³-hybridized carbons (Fsp3) is 0.571. The number of aliphatic hydroxyl groups is 1. The number of ether oxygens (including phenoxy) is 1. The minimum Gasteiger partial charge on any atom is -0.496 e. The van der Waals surface area contributed by atoms with Crippen LogP contribution in [0.3, 0.4) is 0 Å². The first kappa shape index (κ1) is 14.3. The van der Waals surface area contributed by atoms with Crippen LogP contribution in [0.25, 0.3) is 0 Å². The normalized spacial score (nSPS) is 12.8. The standard InChI is InChI=1S/C14H21ClO2/c1-10(2)12-9-11(6-7-14(12)17-3)13(15)5-4-8-16/h6-7,9-10,13,16H,4-5,8H2,1-3H3. The summed E-state index contributed by atoms with van der Waals surface area (Å²) in [4.78, 5) is 0. The number of aliphatic hydroxyl groups excluding tert-OH is 1. The van der Waals surface area contributed by atoms with Gasteiger partial charge in [0.15, 0.2) is 0 Å². The van der Waals surface area contributed by atoms with Gasteiger partial charge in [0.1, 0.15) is 5.75 Å². The Morgan fingerprint density at radius 2 is 2.06 bits per heavy atom. The Bertz CT molecular complexity index is 350. The molecule has 0 saturated heterocycles. The van der Waals surface area contributed by atoms with Crippen LogP contribution in [0.4, 0.5) is 0 Å². The number of benzene rings is 1. The lowest BCUT2D eigenvalue weighted by Gasteiger charge is -2.16. The van der Waals surface area contributed by atoms with Crippen molar-refractivity contribution in [1.82, 2.24) is 0 Å². The van der Waals surface area contributed by atoms with E-state index in [4.69, 9.17) is 21.4 Å². The first-order valence-electron chi connectivity index (χ1n) is 6.03. The van der Waals surface area contributed by atoms with Crippen LogP contribution in [-0.4, -0.2) is 18.8 Å². The third-order valence-corrected chi connectivity index (χ3v) is 3.32. The molecule has 1 unspecified atom stereocenters. The van der Waals surface area contributed by atoms with Gasteiger partial charge in [-0.2, -0.15) is 0 Å². The Kier molecular flexibility index (Phi) is 5.79. The van der Waals surface area contributed by atoms with Gasteiger partial charge in [0, 0.05) is 6.61 Å². The zero-order chi connectivity index (χ0) is 12.8. The average molecular weight is 257 g/mol. The van der Waals surface area contributed by atoms with Crippen LogP contribution < -0.4 is 4.74 Å². The van der Waals surface area contributed by atoms with Crippen molar-refractivity contribution in [3.05, 3.63) is 29.3 Å². The van der Waals surface area contributed by atoms with Gasteiger partial charge in [0.05, 0.1) is 12.5 Å². The molecule has 17 heavy (non-hydrogen) atoms. The van der Waals surface area contributed by atoms with Crippen LogP contribution in [0.5, 0.6) is 5.75 Å². The summed E-state index contributed by atoms with van der Waals surface area (Å²) in [5.74, 6) is 1.32. The Hall–Kier alpha value is -0.730. The highest BCUT2D eigenvalue weighted by Gasteiger charge is 2.13. The maximum absolute atomic E-state index is 8.81. The van der Waals surface area contributed by atoms with E-state index in [2.05, 4.69) is 19.9 Å². The number of halogens is 1. The Labute approximate surface area is 109 Å². The van der Waals surface area contributed by atoms with Crippen molar-refractivity contribution in [2.45, 2.75) is 38.0 Å². The zero-order valence-corrected chi connectivity index (χ0v) is 11.5. The maximum Gasteiger partial charge on any atom is 0.122 e. The lowest BCUT2D eigenvalue weighted by molar-refractivity contribution is 0.284. The summed E-state index contributed by atoms with van der Waals surface area (Å²) in [6.07, 6.45) is 1.53. The van der Waals surface area contributed by atoms with E-state index in [9.17, 15) is 0 Å². The highest BCUT2D eigenvalue weighted by atomic mass is 35.5. The predicted octanol–water partition coefficient (Wildman–Crippen LogP) is 3.87. The first-order chi connectivity index (χ1) is 8.10. The lowest BCUT2D eigenvalue weighted by Crippen LogP contribution is -1.99. The third-order valence-electron chi connectivity index (χ3n) is 2.85. The summed E-state index contributed by atoms with van der Waals surface area (Å²) in [5, 5.41) is 8.77. The van der Waals surface area contributed by atoms with Gasteiger partial charge in [-0.25, -0.2) is 0 Å². The molecule has 0 spiro atoms. The fourth-order valence-corrected chi connectivity index (χ4v) is 2.13. The van der Waals surface area contributed by atoms with E-state index in [-0.39, 0.29) is 12.0 Å². The molecular weight excluding hydrogens is 236 g/mol. The number of hydrogen-bond donors (Lipinski definition) is 1. The van der Waals surface area contributed by atoms with E-state index in [1.54, 1.807) is 7.11 Å². The van der Waals surface area contributed by atoms with Crippen molar-refractivity contribution >= 4 is 11.6 Å². The Morgan fingerprint density at radius 3 is 2.59 bits per heavy atom. The number of rotatable bonds is 6. The molecule has 0 aromatic heterocycles. The average Bonchev–Trinajstić information content (AvgIpc) is 2.34. The Morgan fingerprint density at radius 1 is 1.35 bits per heavy atom. The molecule has 0 aliphatic carbocycles. The second kappa shape index (κ2) is 6.87. The molecule has 1 rings (SSSR count). The number of hydrogen-bond acceptors (Lipinski definition) is 2. The Balaban J connectivity index is 2.91. The summed E-state index contributed by atoms with van der Waals surface area (Å²) in [6, 6.07) is 6.08. The second-order valence-electron chi connectivity index (χ2n) is 4.49. The fourth-order valence-electron chi connectivity index (χ4n) is 1.84. The van der Waals surface area contributed by atoms with Gasteiger partial charge in [-0.3, -0.25) is 0 Å². The molecule has 0 radical (unpaired) electrons. The van der Waals surface area contributed by atoms with Crippen molar-refractivity contribution in [3.63, 3.8) is 0 Å². The number of methoxy groups -OCH3 is 1. The monoisotopic (exact) mass is 256 g/mol. The highest BCUT2D eigenvalue weighted by Crippen LogP contribution is 2.33. The van der Waals surface area contributed by atoms with E-state index >= 15 is 0 Å². The van der Waals surface area contributed by atoms with E-state index < -0.39 is 0 Å². The number of alkyl halides is 1.